The molecule has 1 aliphatic rings. The van der Waals surface area contributed by atoms with Crippen LogP contribution >= 0.6 is 12.4 Å². The lowest BCUT2D eigenvalue weighted by Gasteiger charge is -2.15. The molecule has 8 nitrogen and oxygen atoms in total. The Morgan fingerprint density at radius 1 is 1.62 bits per heavy atom. The molecule has 0 aromatic carbocycles. The van der Waals surface area contributed by atoms with Crippen LogP contribution in [-0.2, 0) is 14.8 Å². The van der Waals surface area contributed by atoms with Crippen LogP contribution < -0.4 is 5.73 Å². The molecule has 1 unspecified atom stereocenters. The molecule has 0 bridgehead atoms. The zero-order valence-electron chi connectivity index (χ0n) is 11.6. The van der Waals surface area contributed by atoms with Gasteiger partial charge in [0.25, 0.3) is 10.0 Å². The lowest BCUT2D eigenvalue weighted by Crippen LogP contribution is -2.31. The quantitative estimate of drug-likeness (QED) is 0.728. The molecule has 0 radical (unpaired) electrons. The number of nitrogens with zero attached hydrogens (tertiary/aromatic N) is 2. The predicted octanol–water partition coefficient (Wildman–Crippen LogP) is -0.0225. The molecule has 1 saturated heterocycles. The van der Waals surface area contributed by atoms with E-state index in [1.165, 1.54) is 10.5 Å². The molecule has 1 fully saturated rings. The number of carbonyl (C=O) groups excluding carboxylic acids is 1. The molecule has 2 rings (SSSR count). The minimum absolute atomic E-state index is 0. The summed E-state index contributed by atoms with van der Waals surface area (Å²) in [6, 6.07) is 0. The largest absolute Gasteiger partial charge is 0.462 e. The number of aromatic amines is 1. The maximum Gasteiger partial charge on any atom is 0.342 e. The van der Waals surface area contributed by atoms with Gasteiger partial charge in [0.05, 0.1) is 12.8 Å². The summed E-state index contributed by atoms with van der Waals surface area (Å²) >= 11 is 0. The first-order valence-electron chi connectivity index (χ1n) is 6.41. The summed E-state index contributed by atoms with van der Waals surface area (Å²) in [5, 5.41) is 5.82. The van der Waals surface area contributed by atoms with Crippen molar-refractivity contribution in [2.24, 2.45) is 11.7 Å². The average Bonchev–Trinajstić information content (AvgIpc) is 3.08. The average molecular weight is 339 g/mol. The van der Waals surface area contributed by atoms with Crippen LogP contribution in [0.4, 0.5) is 0 Å². The number of H-pyrrole nitrogens is 1. The lowest BCUT2D eigenvalue weighted by atomic mass is 10.1. The molecule has 1 aromatic rings. The van der Waals surface area contributed by atoms with E-state index in [2.05, 4.69) is 10.2 Å². The van der Waals surface area contributed by atoms with Gasteiger partial charge in [-0.05, 0) is 25.8 Å². The summed E-state index contributed by atoms with van der Waals surface area (Å²) in [5.74, 6) is -0.548. The van der Waals surface area contributed by atoms with E-state index in [9.17, 15) is 13.2 Å². The first-order valence-corrected chi connectivity index (χ1v) is 7.85. The third kappa shape index (κ3) is 3.54. The Balaban J connectivity index is 0.00000220. The molecule has 1 aromatic heterocycles. The Bertz CT molecular complexity index is 589. The Hall–Kier alpha value is -1.16. The molecule has 1 aliphatic heterocycles. The van der Waals surface area contributed by atoms with Crippen molar-refractivity contribution in [3.05, 3.63) is 11.8 Å². The van der Waals surface area contributed by atoms with E-state index in [0.717, 1.165) is 6.42 Å². The second kappa shape index (κ2) is 7.21. The van der Waals surface area contributed by atoms with Crippen molar-refractivity contribution < 1.29 is 17.9 Å². The number of rotatable bonds is 5. The van der Waals surface area contributed by atoms with Crippen LogP contribution in [0.2, 0.25) is 0 Å². The van der Waals surface area contributed by atoms with Gasteiger partial charge in [-0.1, -0.05) is 0 Å². The van der Waals surface area contributed by atoms with Gasteiger partial charge in [-0.3, -0.25) is 5.10 Å². The fourth-order valence-corrected chi connectivity index (χ4v) is 3.76. The molecule has 21 heavy (non-hydrogen) atoms. The Morgan fingerprint density at radius 3 is 2.90 bits per heavy atom. The zero-order valence-corrected chi connectivity index (χ0v) is 13.2. The molecule has 3 N–H and O–H groups in total. The van der Waals surface area contributed by atoms with E-state index >= 15 is 0 Å². The Kier molecular flexibility index (Phi) is 6.14. The van der Waals surface area contributed by atoms with Gasteiger partial charge in [0.2, 0.25) is 0 Å². The van der Waals surface area contributed by atoms with Crippen molar-refractivity contribution in [2.75, 3.05) is 26.2 Å². The van der Waals surface area contributed by atoms with Crippen LogP contribution in [-0.4, -0.2) is 55.1 Å². The van der Waals surface area contributed by atoms with Crippen LogP contribution in [0.5, 0.6) is 0 Å². The third-order valence-corrected chi connectivity index (χ3v) is 5.12. The fraction of sp³-hybridized carbons (Fsp3) is 0.636. The van der Waals surface area contributed by atoms with Gasteiger partial charge >= 0.3 is 5.97 Å². The van der Waals surface area contributed by atoms with Crippen molar-refractivity contribution in [3.63, 3.8) is 0 Å². The summed E-state index contributed by atoms with van der Waals surface area (Å²) < 4.78 is 31.1. The molecule has 0 spiro atoms. The van der Waals surface area contributed by atoms with Gasteiger partial charge in [-0.15, -0.1) is 12.4 Å². The van der Waals surface area contributed by atoms with E-state index < -0.39 is 16.0 Å². The summed E-state index contributed by atoms with van der Waals surface area (Å²) in [4.78, 5) is 11.7. The van der Waals surface area contributed by atoms with E-state index in [1.807, 2.05) is 0 Å². The van der Waals surface area contributed by atoms with Crippen LogP contribution in [0.1, 0.15) is 23.7 Å². The van der Waals surface area contributed by atoms with Gasteiger partial charge in [0, 0.05) is 13.1 Å². The van der Waals surface area contributed by atoms with Crippen molar-refractivity contribution in [2.45, 2.75) is 18.4 Å². The number of ether oxygens (including phenoxy) is 1. The number of carbonyl (C=O) groups is 1. The van der Waals surface area contributed by atoms with Gasteiger partial charge in [0.1, 0.15) is 5.56 Å². The van der Waals surface area contributed by atoms with Crippen LogP contribution in [0.15, 0.2) is 11.2 Å². The fourth-order valence-electron chi connectivity index (χ4n) is 2.16. The van der Waals surface area contributed by atoms with Crippen molar-refractivity contribution in [3.8, 4) is 0 Å². The third-order valence-electron chi connectivity index (χ3n) is 3.28. The van der Waals surface area contributed by atoms with E-state index in [1.54, 1.807) is 6.92 Å². The van der Waals surface area contributed by atoms with Gasteiger partial charge < -0.3 is 10.5 Å². The molecule has 0 saturated carbocycles. The number of esters is 1. The molecule has 1 atom stereocenters. The number of aromatic nitrogens is 2. The summed E-state index contributed by atoms with van der Waals surface area (Å²) in [6.07, 6.45) is 1.89. The van der Waals surface area contributed by atoms with Crippen LogP contribution in [0.3, 0.4) is 0 Å². The van der Waals surface area contributed by atoms with Gasteiger partial charge in [-0.25, -0.2) is 13.2 Å². The SMILES string of the molecule is CCOC(=O)c1cn[nH]c1S(=O)(=O)N1CCC(CN)C1.Cl. The maximum absolute atomic E-state index is 12.5. The smallest absolute Gasteiger partial charge is 0.342 e. The van der Waals surface area contributed by atoms with Crippen LogP contribution in [0, 0.1) is 5.92 Å². The van der Waals surface area contributed by atoms with Crippen molar-refractivity contribution in [1.29, 1.82) is 0 Å². The molecule has 0 aliphatic carbocycles. The number of nitrogens with one attached hydrogen (secondary N) is 1. The number of hydrogen-bond acceptors (Lipinski definition) is 6. The monoisotopic (exact) mass is 338 g/mol. The Labute approximate surface area is 129 Å². The highest BCUT2D eigenvalue weighted by molar-refractivity contribution is 7.89. The number of nitrogens with two attached hydrogens (primary N) is 1. The maximum atomic E-state index is 12.5. The minimum Gasteiger partial charge on any atom is -0.462 e. The van der Waals surface area contributed by atoms with Crippen molar-refractivity contribution in [1.82, 2.24) is 14.5 Å². The molecular weight excluding hydrogens is 320 g/mol. The van der Waals surface area contributed by atoms with Gasteiger partial charge in [-0.2, -0.15) is 9.40 Å². The van der Waals surface area contributed by atoms with Gasteiger partial charge in [0.15, 0.2) is 5.03 Å². The molecule has 120 valence electrons. The number of halogens is 1. The summed E-state index contributed by atoms with van der Waals surface area (Å²) in [5.41, 5.74) is 5.49. The number of hydrogen-bond donors (Lipinski definition) is 2. The molecule has 2 heterocycles. The van der Waals surface area contributed by atoms with E-state index in [4.69, 9.17) is 10.5 Å². The number of sulfonamides is 1. The predicted molar refractivity (Wildman–Crippen MR) is 77.7 cm³/mol. The minimum atomic E-state index is -3.77. The van der Waals surface area contributed by atoms with E-state index in [-0.39, 0.29) is 35.5 Å². The van der Waals surface area contributed by atoms with Crippen LogP contribution in [0.25, 0.3) is 0 Å². The first kappa shape index (κ1) is 17.9. The standard InChI is InChI=1S/C11H18N4O4S.ClH/c1-2-19-11(16)9-6-13-14-10(9)20(17,18)15-4-3-8(5-12)7-15;/h6,8H,2-5,7,12H2,1H3,(H,13,14);1H. The highest BCUT2D eigenvalue weighted by Crippen LogP contribution is 2.24. The topological polar surface area (TPSA) is 118 Å². The highest BCUT2D eigenvalue weighted by atomic mass is 35.5. The highest BCUT2D eigenvalue weighted by Gasteiger charge is 2.36. The second-order valence-electron chi connectivity index (χ2n) is 4.59. The van der Waals surface area contributed by atoms with Crippen molar-refractivity contribution >= 4 is 28.4 Å². The summed E-state index contributed by atoms with van der Waals surface area (Å²) in [6.45, 7) is 3.02. The normalized spacial score (nSPS) is 19.2. The zero-order chi connectivity index (χ0) is 14.8. The molecule has 10 heteroatoms. The lowest BCUT2D eigenvalue weighted by molar-refractivity contribution is 0.0521. The first-order chi connectivity index (χ1) is 9.50. The molecule has 0 amide bonds. The summed E-state index contributed by atoms with van der Waals surface area (Å²) in [7, 11) is -3.77. The van der Waals surface area contributed by atoms with E-state index in [0.29, 0.717) is 19.6 Å². The Morgan fingerprint density at radius 2 is 2.33 bits per heavy atom. The second-order valence-corrected chi connectivity index (χ2v) is 6.46. The molecular formula is C11H19ClN4O4S.